The highest BCUT2D eigenvalue weighted by atomic mass is 35.5. The van der Waals surface area contributed by atoms with Crippen LogP contribution >= 0.6 is 11.6 Å². The normalized spacial score (nSPS) is 11.3. The van der Waals surface area contributed by atoms with Crippen molar-refractivity contribution in [3.05, 3.63) is 28.8 Å². The quantitative estimate of drug-likeness (QED) is 0.749. The molecule has 2 N–H and O–H groups in total. The Morgan fingerprint density at radius 1 is 1.47 bits per heavy atom. The topological polar surface area (TPSA) is 92.7 Å². The molecular weight excluding hydrogens is 294 g/mol. The van der Waals surface area contributed by atoms with Crippen LogP contribution in [0.5, 0.6) is 0 Å². The Kier molecular flexibility index (Phi) is 5.59. The van der Waals surface area contributed by atoms with Crippen LogP contribution in [0.15, 0.2) is 18.2 Å². The van der Waals surface area contributed by atoms with Crippen molar-refractivity contribution in [3.8, 4) is 0 Å². The van der Waals surface area contributed by atoms with Gasteiger partial charge in [0.2, 0.25) is 10.0 Å². The maximum atomic E-state index is 11.8. The SMILES string of the molecule is CCOCCS(=O)(=O)Nc1c(Cl)cccc1C(=O)O. The van der Waals surface area contributed by atoms with Gasteiger partial charge >= 0.3 is 5.97 Å². The van der Waals surface area contributed by atoms with Crippen LogP contribution in [0.1, 0.15) is 17.3 Å². The van der Waals surface area contributed by atoms with E-state index in [9.17, 15) is 13.2 Å². The van der Waals surface area contributed by atoms with Gasteiger partial charge in [0, 0.05) is 6.61 Å². The molecule has 19 heavy (non-hydrogen) atoms. The number of benzene rings is 1. The van der Waals surface area contributed by atoms with Gasteiger partial charge in [-0.25, -0.2) is 13.2 Å². The van der Waals surface area contributed by atoms with E-state index in [-0.39, 0.29) is 28.6 Å². The Labute approximate surface area is 116 Å². The van der Waals surface area contributed by atoms with Crippen molar-refractivity contribution in [3.63, 3.8) is 0 Å². The number of carboxylic acids is 1. The summed E-state index contributed by atoms with van der Waals surface area (Å²) in [6.07, 6.45) is 0. The van der Waals surface area contributed by atoms with Crippen LogP contribution in [0.4, 0.5) is 5.69 Å². The molecule has 0 aromatic heterocycles. The summed E-state index contributed by atoms with van der Waals surface area (Å²) in [5.74, 6) is -1.53. The van der Waals surface area contributed by atoms with Crippen LogP contribution in [0.3, 0.4) is 0 Å². The minimum Gasteiger partial charge on any atom is -0.478 e. The molecule has 0 saturated carbocycles. The van der Waals surface area contributed by atoms with Crippen molar-refractivity contribution >= 4 is 33.3 Å². The van der Waals surface area contributed by atoms with E-state index in [0.717, 1.165) is 0 Å². The van der Waals surface area contributed by atoms with Gasteiger partial charge in [-0.05, 0) is 19.1 Å². The van der Waals surface area contributed by atoms with Crippen LogP contribution in [0.25, 0.3) is 0 Å². The number of ether oxygens (including phenoxy) is 1. The molecule has 0 unspecified atom stereocenters. The van der Waals surface area contributed by atoms with Gasteiger partial charge in [0.1, 0.15) is 0 Å². The summed E-state index contributed by atoms with van der Waals surface area (Å²) in [5, 5.41) is 9.01. The van der Waals surface area contributed by atoms with Crippen LogP contribution in [0, 0.1) is 0 Å². The fourth-order valence-corrected chi connectivity index (χ4v) is 2.57. The predicted octanol–water partition coefficient (Wildman–Crippen LogP) is 1.82. The molecule has 106 valence electrons. The molecule has 0 aliphatic carbocycles. The minimum absolute atomic E-state index is 0.0265. The highest BCUT2D eigenvalue weighted by Gasteiger charge is 2.18. The van der Waals surface area contributed by atoms with Crippen LogP contribution < -0.4 is 4.72 Å². The van der Waals surface area contributed by atoms with E-state index in [2.05, 4.69) is 4.72 Å². The molecule has 1 aromatic rings. The predicted molar refractivity (Wildman–Crippen MR) is 72.3 cm³/mol. The van der Waals surface area contributed by atoms with Gasteiger partial charge in [-0.15, -0.1) is 0 Å². The Morgan fingerprint density at radius 3 is 2.74 bits per heavy atom. The van der Waals surface area contributed by atoms with Crippen LogP contribution in [-0.4, -0.2) is 38.5 Å². The third-order valence-corrected chi connectivity index (χ3v) is 3.74. The van der Waals surface area contributed by atoms with Crippen molar-refractivity contribution in [2.75, 3.05) is 23.7 Å². The third kappa shape index (κ3) is 4.70. The summed E-state index contributed by atoms with van der Waals surface area (Å²) in [6, 6.07) is 4.12. The molecule has 8 heteroatoms. The second kappa shape index (κ2) is 6.74. The summed E-state index contributed by atoms with van der Waals surface area (Å²) in [6.45, 7) is 2.18. The first kappa shape index (κ1) is 15.7. The van der Waals surface area contributed by atoms with Gasteiger partial charge in [0.05, 0.1) is 28.6 Å². The first-order valence-corrected chi connectivity index (χ1v) is 7.50. The first-order chi connectivity index (χ1) is 8.87. The van der Waals surface area contributed by atoms with E-state index in [1.165, 1.54) is 18.2 Å². The van der Waals surface area contributed by atoms with Crippen molar-refractivity contribution in [2.24, 2.45) is 0 Å². The number of anilines is 1. The Balaban J connectivity index is 2.95. The molecule has 0 aliphatic heterocycles. The molecule has 6 nitrogen and oxygen atoms in total. The summed E-state index contributed by atoms with van der Waals surface area (Å²) >= 11 is 5.82. The lowest BCUT2D eigenvalue weighted by Gasteiger charge is -2.12. The molecule has 0 saturated heterocycles. The number of halogens is 1. The van der Waals surface area contributed by atoms with Crippen LogP contribution in [0.2, 0.25) is 5.02 Å². The molecule has 1 aromatic carbocycles. The van der Waals surface area contributed by atoms with E-state index in [1.54, 1.807) is 6.92 Å². The van der Waals surface area contributed by atoms with Gasteiger partial charge in [-0.3, -0.25) is 4.72 Å². The highest BCUT2D eigenvalue weighted by Crippen LogP contribution is 2.27. The molecule has 0 fully saturated rings. The van der Waals surface area contributed by atoms with Crippen molar-refractivity contribution in [1.82, 2.24) is 0 Å². The average molecular weight is 308 g/mol. The monoisotopic (exact) mass is 307 g/mol. The number of rotatable bonds is 7. The molecule has 0 aliphatic rings. The number of sulfonamides is 1. The standard InChI is InChI=1S/C11H14ClNO5S/c1-2-18-6-7-19(16,17)13-10-8(11(14)15)4-3-5-9(10)12/h3-5,13H,2,6-7H2,1H3,(H,14,15). The number of hydrogen-bond donors (Lipinski definition) is 2. The fraction of sp³-hybridized carbons (Fsp3) is 0.364. The van der Waals surface area contributed by atoms with Gasteiger partial charge in [0.25, 0.3) is 0 Å². The third-order valence-electron chi connectivity index (χ3n) is 2.20. The second-order valence-electron chi connectivity index (χ2n) is 3.59. The number of aromatic carboxylic acids is 1. The van der Waals surface area contributed by atoms with Crippen molar-refractivity contribution < 1.29 is 23.1 Å². The molecule has 1 rings (SSSR count). The molecule has 0 atom stereocenters. The average Bonchev–Trinajstić information content (AvgIpc) is 2.31. The zero-order valence-corrected chi connectivity index (χ0v) is 11.8. The van der Waals surface area contributed by atoms with Gasteiger partial charge in [-0.2, -0.15) is 0 Å². The largest absolute Gasteiger partial charge is 0.478 e. The lowest BCUT2D eigenvalue weighted by atomic mass is 10.2. The summed E-state index contributed by atoms with van der Waals surface area (Å²) in [4.78, 5) is 11.0. The first-order valence-electron chi connectivity index (χ1n) is 5.47. The van der Waals surface area contributed by atoms with Gasteiger partial charge in [-0.1, -0.05) is 17.7 Å². The van der Waals surface area contributed by atoms with E-state index >= 15 is 0 Å². The fourth-order valence-electron chi connectivity index (χ4n) is 1.33. The number of carboxylic acid groups (broad SMARTS) is 1. The number of carbonyl (C=O) groups is 1. The van der Waals surface area contributed by atoms with Crippen molar-refractivity contribution in [1.29, 1.82) is 0 Å². The van der Waals surface area contributed by atoms with E-state index < -0.39 is 16.0 Å². The van der Waals surface area contributed by atoms with Gasteiger partial charge < -0.3 is 9.84 Å². The minimum atomic E-state index is -3.71. The molecule has 0 heterocycles. The second-order valence-corrected chi connectivity index (χ2v) is 5.83. The molecular formula is C11H14ClNO5S. The number of hydrogen-bond acceptors (Lipinski definition) is 4. The van der Waals surface area contributed by atoms with E-state index in [4.69, 9.17) is 21.4 Å². The van der Waals surface area contributed by atoms with E-state index in [1.807, 2.05) is 0 Å². The Morgan fingerprint density at radius 2 is 2.16 bits per heavy atom. The maximum absolute atomic E-state index is 11.8. The molecule has 0 spiro atoms. The zero-order chi connectivity index (χ0) is 14.5. The highest BCUT2D eigenvalue weighted by molar-refractivity contribution is 7.92. The lowest BCUT2D eigenvalue weighted by molar-refractivity contribution is 0.0698. The molecule has 0 radical (unpaired) electrons. The Bertz CT molecular complexity index is 558. The smallest absolute Gasteiger partial charge is 0.337 e. The number of nitrogens with one attached hydrogen (secondary N) is 1. The lowest BCUT2D eigenvalue weighted by Crippen LogP contribution is -2.21. The van der Waals surface area contributed by atoms with Crippen LogP contribution in [-0.2, 0) is 14.8 Å². The van der Waals surface area contributed by atoms with Gasteiger partial charge in [0.15, 0.2) is 0 Å². The molecule has 0 bridgehead atoms. The summed E-state index contributed by atoms with van der Waals surface area (Å²) in [7, 11) is -3.71. The summed E-state index contributed by atoms with van der Waals surface area (Å²) < 4.78 is 30.6. The maximum Gasteiger partial charge on any atom is 0.337 e. The summed E-state index contributed by atoms with van der Waals surface area (Å²) in [5.41, 5.74) is -0.333. The zero-order valence-electron chi connectivity index (χ0n) is 10.2. The number of para-hydroxylation sites is 1. The Hall–Kier alpha value is -1.31. The van der Waals surface area contributed by atoms with E-state index in [0.29, 0.717) is 6.61 Å². The molecule has 0 amide bonds. The van der Waals surface area contributed by atoms with Crippen molar-refractivity contribution in [2.45, 2.75) is 6.92 Å².